The Hall–Kier alpha value is -3.73. The van der Waals surface area contributed by atoms with Crippen LogP contribution in [0.3, 0.4) is 0 Å². The van der Waals surface area contributed by atoms with Gasteiger partial charge in [-0.25, -0.2) is 0 Å². The van der Waals surface area contributed by atoms with E-state index < -0.39 is 0 Å². The molecule has 0 unspecified atom stereocenters. The fourth-order valence-corrected chi connectivity index (χ4v) is 2.59. The lowest BCUT2D eigenvalue weighted by Crippen LogP contribution is -2.15. The van der Waals surface area contributed by atoms with Gasteiger partial charge in [-0.1, -0.05) is 60.7 Å². The Labute approximate surface area is 163 Å². The SMILES string of the molecule is CCOc1ccc(/C=N/N=C(/C(=O)c2ccccc2)c2ccccc2)c(O)c1. The quantitative estimate of drug-likeness (QED) is 0.377. The van der Waals surface area contributed by atoms with E-state index in [1.165, 1.54) is 12.3 Å². The van der Waals surface area contributed by atoms with Crippen LogP contribution >= 0.6 is 0 Å². The summed E-state index contributed by atoms with van der Waals surface area (Å²) in [5, 5.41) is 18.3. The van der Waals surface area contributed by atoms with Gasteiger partial charge in [-0.2, -0.15) is 5.10 Å². The molecule has 0 saturated carbocycles. The highest BCUT2D eigenvalue weighted by atomic mass is 16.5. The third kappa shape index (κ3) is 4.71. The van der Waals surface area contributed by atoms with Crippen LogP contribution in [0.1, 0.15) is 28.4 Å². The minimum Gasteiger partial charge on any atom is -0.507 e. The topological polar surface area (TPSA) is 71.2 Å². The molecular formula is C23H20N2O3. The molecule has 0 spiro atoms. The van der Waals surface area contributed by atoms with Crippen LogP contribution in [0.4, 0.5) is 0 Å². The Balaban J connectivity index is 1.91. The van der Waals surface area contributed by atoms with Crippen molar-refractivity contribution in [1.29, 1.82) is 0 Å². The number of ether oxygens (including phenoxy) is 1. The van der Waals surface area contributed by atoms with Crippen LogP contribution < -0.4 is 4.74 Å². The molecular weight excluding hydrogens is 352 g/mol. The lowest BCUT2D eigenvalue weighted by atomic mass is 10.0. The van der Waals surface area contributed by atoms with Crippen molar-refractivity contribution < 1.29 is 14.6 Å². The molecule has 0 aliphatic heterocycles. The number of hydrogen-bond acceptors (Lipinski definition) is 5. The smallest absolute Gasteiger partial charge is 0.213 e. The average Bonchev–Trinajstić information content (AvgIpc) is 2.73. The summed E-state index contributed by atoms with van der Waals surface area (Å²) >= 11 is 0. The molecule has 5 heteroatoms. The van der Waals surface area contributed by atoms with Crippen molar-refractivity contribution in [2.75, 3.05) is 6.61 Å². The molecule has 0 radical (unpaired) electrons. The van der Waals surface area contributed by atoms with Gasteiger partial charge in [0.2, 0.25) is 5.78 Å². The van der Waals surface area contributed by atoms with Crippen LogP contribution in [0.5, 0.6) is 11.5 Å². The lowest BCUT2D eigenvalue weighted by Gasteiger charge is -2.05. The van der Waals surface area contributed by atoms with E-state index in [0.29, 0.717) is 29.0 Å². The minimum absolute atomic E-state index is 0.0283. The molecule has 0 saturated heterocycles. The summed E-state index contributed by atoms with van der Waals surface area (Å²) in [7, 11) is 0. The highest BCUT2D eigenvalue weighted by molar-refractivity contribution is 6.51. The van der Waals surface area contributed by atoms with Crippen LogP contribution in [0, 0.1) is 0 Å². The Morgan fingerprint density at radius 3 is 2.21 bits per heavy atom. The van der Waals surface area contributed by atoms with E-state index >= 15 is 0 Å². The van der Waals surface area contributed by atoms with Crippen LogP contribution in [-0.4, -0.2) is 29.4 Å². The van der Waals surface area contributed by atoms with E-state index in [0.717, 1.165) is 0 Å². The third-order valence-electron chi connectivity index (χ3n) is 3.97. The summed E-state index contributed by atoms with van der Waals surface area (Å²) in [5.74, 6) is 0.380. The second kappa shape index (κ2) is 9.28. The van der Waals surface area contributed by atoms with Gasteiger partial charge < -0.3 is 9.84 Å². The van der Waals surface area contributed by atoms with E-state index in [1.54, 1.807) is 36.4 Å². The zero-order valence-electron chi connectivity index (χ0n) is 15.4. The summed E-state index contributed by atoms with van der Waals surface area (Å²) in [6, 6.07) is 23.0. The van der Waals surface area contributed by atoms with Crippen molar-refractivity contribution >= 4 is 17.7 Å². The van der Waals surface area contributed by atoms with Gasteiger partial charge in [0.05, 0.1) is 12.8 Å². The molecule has 3 rings (SSSR count). The normalized spacial score (nSPS) is 11.5. The number of phenolic OH excluding ortho intramolecular Hbond substituents is 1. The van der Waals surface area contributed by atoms with Gasteiger partial charge in [-0.15, -0.1) is 5.10 Å². The maximum Gasteiger partial charge on any atom is 0.213 e. The second-order valence-electron chi connectivity index (χ2n) is 5.91. The zero-order valence-corrected chi connectivity index (χ0v) is 15.4. The third-order valence-corrected chi connectivity index (χ3v) is 3.97. The average molecular weight is 372 g/mol. The predicted molar refractivity (Wildman–Crippen MR) is 111 cm³/mol. The number of Topliss-reactive ketones (excluding diaryl/α,β-unsaturated/α-hetero) is 1. The first kappa shape index (κ1) is 19.0. The molecule has 0 bridgehead atoms. The molecule has 5 nitrogen and oxygen atoms in total. The second-order valence-corrected chi connectivity index (χ2v) is 5.91. The van der Waals surface area contributed by atoms with Crippen molar-refractivity contribution in [2.45, 2.75) is 6.92 Å². The highest BCUT2D eigenvalue weighted by Gasteiger charge is 2.16. The lowest BCUT2D eigenvalue weighted by molar-refractivity contribution is 0.106. The van der Waals surface area contributed by atoms with Crippen molar-refractivity contribution in [2.24, 2.45) is 10.2 Å². The molecule has 3 aromatic rings. The number of nitrogens with zero attached hydrogens (tertiary/aromatic N) is 2. The maximum atomic E-state index is 12.9. The first-order valence-electron chi connectivity index (χ1n) is 8.91. The Kier molecular flexibility index (Phi) is 6.31. The van der Waals surface area contributed by atoms with Crippen LogP contribution in [-0.2, 0) is 0 Å². The van der Waals surface area contributed by atoms with E-state index in [9.17, 15) is 9.90 Å². The molecule has 0 aliphatic rings. The molecule has 0 fully saturated rings. The number of benzene rings is 3. The number of ketones is 1. The highest BCUT2D eigenvalue weighted by Crippen LogP contribution is 2.22. The molecule has 0 atom stereocenters. The molecule has 0 heterocycles. The van der Waals surface area contributed by atoms with Crippen molar-refractivity contribution in [3.8, 4) is 11.5 Å². The molecule has 140 valence electrons. The Bertz CT molecular complexity index is 997. The van der Waals surface area contributed by atoms with Crippen LogP contribution in [0.15, 0.2) is 89.1 Å². The summed E-state index contributed by atoms with van der Waals surface area (Å²) in [5.41, 5.74) is 1.91. The standard InChI is InChI=1S/C23H20N2O3/c1-2-28-20-14-13-19(21(26)15-20)16-24-25-22(17-9-5-3-6-10-17)23(27)18-11-7-4-8-12-18/h3-16,26H,2H2,1H3/b24-16+,25-22+. The van der Waals surface area contributed by atoms with Gasteiger partial charge in [0, 0.05) is 22.8 Å². The van der Waals surface area contributed by atoms with Gasteiger partial charge in [-0.3, -0.25) is 4.79 Å². The molecule has 0 aliphatic carbocycles. The van der Waals surface area contributed by atoms with Gasteiger partial charge in [0.1, 0.15) is 17.2 Å². The number of aromatic hydroxyl groups is 1. The molecule has 0 aromatic heterocycles. The Morgan fingerprint density at radius 2 is 1.61 bits per heavy atom. The first-order valence-corrected chi connectivity index (χ1v) is 8.91. The summed E-state index contributed by atoms with van der Waals surface area (Å²) in [6.45, 7) is 2.38. The largest absolute Gasteiger partial charge is 0.507 e. The van der Waals surface area contributed by atoms with Gasteiger partial charge >= 0.3 is 0 Å². The number of phenols is 1. The maximum absolute atomic E-state index is 12.9. The fourth-order valence-electron chi connectivity index (χ4n) is 2.59. The van der Waals surface area contributed by atoms with E-state index in [4.69, 9.17) is 4.74 Å². The molecule has 0 amide bonds. The van der Waals surface area contributed by atoms with Gasteiger partial charge in [-0.05, 0) is 19.1 Å². The number of hydrogen-bond donors (Lipinski definition) is 1. The first-order chi connectivity index (χ1) is 13.7. The van der Waals surface area contributed by atoms with Gasteiger partial charge in [0.15, 0.2) is 0 Å². The number of carbonyl (C=O) groups is 1. The van der Waals surface area contributed by atoms with E-state index in [-0.39, 0.29) is 17.2 Å². The molecule has 3 aromatic carbocycles. The summed E-state index contributed by atoms with van der Waals surface area (Å²) in [4.78, 5) is 12.9. The minimum atomic E-state index is -0.222. The van der Waals surface area contributed by atoms with Gasteiger partial charge in [0.25, 0.3) is 0 Å². The van der Waals surface area contributed by atoms with Crippen molar-refractivity contribution in [1.82, 2.24) is 0 Å². The summed E-state index contributed by atoms with van der Waals surface area (Å²) < 4.78 is 5.35. The molecule has 28 heavy (non-hydrogen) atoms. The monoisotopic (exact) mass is 372 g/mol. The van der Waals surface area contributed by atoms with E-state index in [1.807, 2.05) is 43.3 Å². The van der Waals surface area contributed by atoms with Crippen LogP contribution in [0.25, 0.3) is 0 Å². The zero-order chi connectivity index (χ0) is 19.8. The number of carbonyl (C=O) groups excluding carboxylic acids is 1. The predicted octanol–water partition coefficient (Wildman–Crippen LogP) is 4.50. The van der Waals surface area contributed by atoms with E-state index in [2.05, 4.69) is 10.2 Å². The van der Waals surface area contributed by atoms with Crippen molar-refractivity contribution in [3.05, 3.63) is 95.6 Å². The molecule has 1 N–H and O–H groups in total. The number of rotatable bonds is 7. The Morgan fingerprint density at radius 1 is 0.964 bits per heavy atom. The fraction of sp³-hybridized carbons (Fsp3) is 0.0870. The van der Waals surface area contributed by atoms with Crippen LogP contribution in [0.2, 0.25) is 0 Å². The van der Waals surface area contributed by atoms with Crippen molar-refractivity contribution in [3.63, 3.8) is 0 Å². The summed E-state index contributed by atoms with van der Waals surface area (Å²) in [6.07, 6.45) is 1.41.